The van der Waals surface area contributed by atoms with E-state index in [1.54, 1.807) is 11.2 Å². The van der Waals surface area contributed by atoms with E-state index in [4.69, 9.17) is 10.2 Å². The van der Waals surface area contributed by atoms with Crippen LogP contribution in [0.1, 0.15) is 47.3 Å². The zero-order valence-electron chi connectivity index (χ0n) is 15.0. The summed E-state index contributed by atoms with van der Waals surface area (Å²) in [5.74, 6) is 0.234. The van der Waals surface area contributed by atoms with Crippen LogP contribution in [-0.2, 0) is 11.3 Å². The Labute approximate surface area is 147 Å². The number of rotatable bonds is 4. The number of likely N-dealkylation sites (tertiary alicyclic amines) is 1. The molecule has 2 aromatic rings. The van der Waals surface area contributed by atoms with Crippen LogP contribution in [0.25, 0.3) is 0 Å². The number of hydrogen-bond donors (Lipinski definition) is 1. The third kappa shape index (κ3) is 3.34. The molecule has 2 N–H and O–H groups in total. The minimum atomic E-state index is -0.326. The van der Waals surface area contributed by atoms with E-state index in [9.17, 15) is 9.59 Å². The molecule has 25 heavy (non-hydrogen) atoms. The summed E-state index contributed by atoms with van der Waals surface area (Å²) < 4.78 is 7.50. The molecule has 1 fully saturated rings. The molecule has 0 aliphatic carbocycles. The number of nitrogens with zero attached hydrogens (tertiary/aromatic N) is 2. The lowest BCUT2D eigenvalue weighted by atomic mass is 9.92. The molecule has 0 saturated carbocycles. The number of primary amides is 1. The lowest BCUT2D eigenvalue weighted by Crippen LogP contribution is -2.48. The first-order valence-electron chi connectivity index (χ1n) is 8.68. The summed E-state index contributed by atoms with van der Waals surface area (Å²) in [6.07, 6.45) is 3.19. The van der Waals surface area contributed by atoms with Gasteiger partial charge in [-0.3, -0.25) is 9.59 Å². The zero-order valence-corrected chi connectivity index (χ0v) is 15.0. The van der Waals surface area contributed by atoms with Crippen molar-refractivity contribution in [1.82, 2.24) is 9.47 Å². The number of carbonyl (C=O) groups excluding carboxylic acids is 2. The second kappa shape index (κ2) is 6.78. The third-order valence-electron chi connectivity index (χ3n) is 5.24. The second-order valence-electron chi connectivity index (χ2n) is 6.93. The van der Waals surface area contributed by atoms with E-state index in [2.05, 4.69) is 4.57 Å². The average Bonchev–Trinajstić information content (AvgIpc) is 3.18. The Balaban J connectivity index is 1.85. The van der Waals surface area contributed by atoms with E-state index < -0.39 is 0 Å². The normalized spacial score (nSPS) is 20.7. The summed E-state index contributed by atoms with van der Waals surface area (Å²) in [5.41, 5.74) is 8.05. The maximum absolute atomic E-state index is 13.1. The highest BCUT2D eigenvalue weighted by atomic mass is 16.3. The molecule has 0 aromatic carbocycles. The number of furan rings is 1. The van der Waals surface area contributed by atoms with Gasteiger partial charge in [-0.25, -0.2) is 0 Å². The van der Waals surface area contributed by atoms with Gasteiger partial charge in [0.05, 0.1) is 24.3 Å². The van der Waals surface area contributed by atoms with Gasteiger partial charge >= 0.3 is 0 Å². The topological polar surface area (TPSA) is 81.5 Å². The Bertz CT molecular complexity index is 776. The van der Waals surface area contributed by atoms with E-state index in [-0.39, 0.29) is 23.8 Å². The van der Waals surface area contributed by atoms with Crippen LogP contribution in [0.5, 0.6) is 0 Å². The molecule has 0 unspecified atom stereocenters. The molecule has 3 heterocycles. The van der Waals surface area contributed by atoms with Gasteiger partial charge < -0.3 is 19.6 Å². The third-order valence-corrected chi connectivity index (χ3v) is 5.24. The molecular formula is C19H25N3O3. The van der Waals surface area contributed by atoms with Gasteiger partial charge in [0.15, 0.2) is 0 Å². The Morgan fingerprint density at radius 3 is 2.72 bits per heavy atom. The fourth-order valence-corrected chi connectivity index (χ4v) is 3.60. The highest BCUT2D eigenvalue weighted by Crippen LogP contribution is 2.26. The number of aromatic nitrogens is 1. The van der Waals surface area contributed by atoms with Gasteiger partial charge in [0.1, 0.15) is 5.76 Å². The predicted molar refractivity (Wildman–Crippen MR) is 94.1 cm³/mol. The molecule has 1 aliphatic heterocycles. The van der Waals surface area contributed by atoms with Gasteiger partial charge in [-0.1, -0.05) is 0 Å². The van der Waals surface area contributed by atoms with Crippen molar-refractivity contribution in [3.63, 3.8) is 0 Å². The summed E-state index contributed by atoms with van der Waals surface area (Å²) in [4.78, 5) is 26.4. The van der Waals surface area contributed by atoms with E-state index in [0.717, 1.165) is 30.0 Å². The second-order valence-corrected chi connectivity index (χ2v) is 6.93. The molecule has 2 atom stereocenters. The molecule has 134 valence electrons. The lowest BCUT2D eigenvalue weighted by Gasteiger charge is -2.37. The largest absolute Gasteiger partial charge is 0.467 e. The van der Waals surface area contributed by atoms with Crippen LogP contribution < -0.4 is 5.73 Å². The Morgan fingerprint density at radius 1 is 1.32 bits per heavy atom. The van der Waals surface area contributed by atoms with Gasteiger partial charge in [0.25, 0.3) is 5.91 Å². The van der Waals surface area contributed by atoms with Crippen molar-refractivity contribution in [2.24, 2.45) is 11.7 Å². The van der Waals surface area contributed by atoms with E-state index in [1.165, 1.54) is 0 Å². The minimum Gasteiger partial charge on any atom is -0.467 e. The molecule has 0 spiro atoms. The summed E-state index contributed by atoms with van der Waals surface area (Å²) in [7, 11) is 0. The van der Waals surface area contributed by atoms with Crippen LogP contribution in [-0.4, -0.2) is 33.9 Å². The van der Waals surface area contributed by atoms with Gasteiger partial charge in [0, 0.05) is 24.0 Å². The van der Waals surface area contributed by atoms with E-state index in [1.807, 2.05) is 39.0 Å². The van der Waals surface area contributed by atoms with Crippen molar-refractivity contribution < 1.29 is 14.0 Å². The zero-order chi connectivity index (χ0) is 18.1. The van der Waals surface area contributed by atoms with Crippen LogP contribution in [0.15, 0.2) is 28.9 Å². The fourth-order valence-electron chi connectivity index (χ4n) is 3.60. The van der Waals surface area contributed by atoms with Crippen LogP contribution >= 0.6 is 0 Å². The molecule has 0 radical (unpaired) electrons. The van der Waals surface area contributed by atoms with Crippen molar-refractivity contribution in [1.29, 1.82) is 0 Å². The van der Waals surface area contributed by atoms with Crippen molar-refractivity contribution in [2.45, 2.75) is 46.2 Å². The van der Waals surface area contributed by atoms with Crippen LogP contribution in [0, 0.1) is 19.8 Å². The lowest BCUT2D eigenvalue weighted by molar-refractivity contribution is -0.123. The summed E-state index contributed by atoms with van der Waals surface area (Å²) >= 11 is 0. The van der Waals surface area contributed by atoms with Crippen molar-refractivity contribution in [2.75, 3.05) is 6.54 Å². The molecular weight excluding hydrogens is 318 g/mol. The van der Waals surface area contributed by atoms with E-state index >= 15 is 0 Å². The highest BCUT2D eigenvalue weighted by Gasteiger charge is 2.33. The smallest absolute Gasteiger partial charge is 0.255 e. The minimum absolute atomic E-state index is 0.0303. The van der Waals surface area contributed by atoms with Crippen molar-refractivity contribution in [3.8, 4) is 0 Å². The summed E-state index contributed by atoms with van der Waals surface area (Å²) in [6.45, 7) is 6.95. The first-order valence-corrected chi connectivity index (χ1v) is 8.68. The van der Waals surface area contributed by atoms with Crippen LogP contribution in [0.2, 0.25) is 0 Å². The monoisotopic (exact) mass is 343 g/mol. The number of nitrogens with two attached hydrogens (primary N) is 1. The first-order chi connectivity index (χ1) is 11.9. The number of aryl methyl sites for hydroxylation is 1. The SMILES string of the molecule is Cc1cc(C(=O)N2C[C@@H](C(N)=O)CC[C@H]2C)c(C)n1Cc1ccco1. The predicted octanol–water partition coefficient (Wildman–Crippen LogP) is 2.47. The number of piperidine rings is 1. The van der Waals surface area contributed by atoms with Crippen molar-refractivity contribution >= 4 is 11.8 Å². The fraction of sp³-hybridized carbons (Fsp3) is 0.474. The molecule has 1 aliphatic rings. The molecule has 6 heteroatoms. The van der Waals surface area contributed by atoms with Crippen LogP contribution in [0.3, 0.4) is 0 Å². The molecule has 0 bridgehead atoms. The summed E-state index contributed by atoms with van der Waals surface area (Å²) in [5, 5.41) is 0. The first kappa shape index (κ1) is 17.3. The van der Waals surface area contributed by atoms with Gasteiger partial charge in [-0.15, -0.1) is 0 Å². The van der Waals surface area contributed by atoms with Gasteiger partial charge in [0.2, 0.25) is 5.91 Å². The van der Waals surface area contributed by atoms with Gasteiger partial charge in [-0.05, 0) is 51.8 Å². The number of amides is 2. The van der Waals surface area contributed by atoms with Crippen molar-refractivity contribution in [3.05, 3.63) is 47.2 Å². The number of hydrogen-bond acceptors (Lipinski definition) is 3. The number of carbonyl (C=O) groups is 2. The van der Waals surface area contributed by atoms with Gasteiger partial charge in [-0.2, -0.15) is 0 Å². The molecule has 2 aromatic heterocycles. The Kier molecular flexibility index (Phi) is 4.70. The summed E-state index contributed by atoms with van der Waals surface area (Å²) in [6, 6.07) is 5.80. The molecule has 6 nitrogen and oxygen atoms in total. The maximum Gasteiger partial charge on any atom is 0.255 e. The molecule has 2 amide bonds. The Morgan fingerprint density at radius 2 is 2.08 bits per heavy atom. The van der Waals surface area contributed by atoms with E-state index in [0.29, 0.717) is 18.7 Å². The molecule has 3 rings (SSSR count). The van der Waals surface area contributed by atoms with Crippen LogP contribution in [0.4, 0.5) is 0 Å². The molecule has 1 saturated heterocycles. The standard InChI is InChI=1S/C19H25N3O3/c1-12-6-7-15(18(20)23)10-22(12)19(24)17-9-13(2)21(14(17)3)11-16-5-4-8-25-16/h4-5,8-9,12,15H,6-7,10-11H2,1-3H3,(H2,20,23)/t12-,15+/m1/s1. The highest BCUT2D eigenvalue weighted by molar-refractivity contribution is 5.96. The maximum atomic E-state index is 13.1. The quantitative estimate of drug-likeness (QED) is 0.926. The average molecular weight is 343 g/mol. The Hall–Kier alpha value is -2.50.